The maximum Gasteiger partial charge on any atom is 0.347 e. The second-order valence-electron chi connectivity index (χ2n) is 5.44. The van der Waals surface area contributed by atoms with Crippen molar-refractivity contribution in [3.05, 3.63) is 51.2 Å². The van der Waals surface area contributed by atoms with E-state index in [1.54, 1.807) is 19.1 Å². The van der Waals surface area contributed by atoms with Crippen molar-refractivity contribution >= 4 is 17.3 Å². The van der Waals surface area contributed by atoms with E-state index in [2.05, 4.69) is 4.98 Å². The summed E-state index contributed by atoms with van der Waals surface area (Å²) in [5.74, 6) is -1.24. The highest BCUT2D eigenvalue weighted by Crippen LogP contribution is 2.43. The highest BCUT2D eigenvalue weighted by molar-refractivity contribution is 7.13. The van der Waals surface area contributed by atoms with Gasteiger partial charge in [0.2, 0.25) is 0 Å². The minimum absolute atomic E-state index is 0.267. The zero-order valence-corrected chi connectivity index (χ0v) is 13.0. The molecular weight excluding hydrogens is 305 g/mol. The van der Waals surface area contributed by atoms with Crippen molar-refractivity contribution in [2.75, 3.05) is 13.2 Å². The molecule has 116 valence electrons. The molecule has 0 saturated carbocycles. The van der Waals surface area contributed by atoms with Crippen LogP contribution in [0.2, 0.25) is 0 Å². The fraction of sp³-hybridized carbons (Fsp3) is 0.375. The summed E-state index contributed by atoms with van der Waals surface area (Å²) >= 11 is 1.21. The molecule has 1 aliphatic heterocycles. The predicted octanol–water partition coefficient (Wildman–Crippen LogP) is 3.39. The summed E-state index contributed by atoms with van der Waals surface area (Å²) in [5.41, 5.74) is 1.10. The Bertz CT molecular complexity index is 690. The molecule has 1 aliphatic rings. The summed E-state index contributed by atoms with van der Waals surface area (Å²) in [4.78, 5) is 16.1. The highest BCUT2D eigenvalue weighted by Gasteiger charge is 2.40. The number of aryl methyl sites for hydroxylation is 1. The molecule has 0 amide bonds. The Morgan fingerprint density at radius 3 is 2.50 bits per heavy atom. The van der Waals surface area contributed by atoms with Crippen LogP contribution >= 0.6 is 11.3 Å². The van der Waals surface area contributed by atoms with Crippen LogP contribution in [0.5, 0.6) is 0 Å². The van der Waals surface area contributed by atoms with E-state index in [1.807, 2.05) is 0 Å². The molecular formula is C16H16FNO3S. The Balaban J connectivity index is 2.12. The third kappa shape index (κ3) is 2.53. The molecule has 6 heteroatoms. The number of nitrogens with zero attached hydrogens (tertiary/aromatic N) is 1. The van der Waals surface area contributed by atoms with Gasteiger partial charge in [-0.15, -0.1) is 11.3 Å². The Hall–Kier alpha value is -1.79. The van der Waals surface area contributed by atoms with E-state index in [4.69, 9.17) is 4.74 Å². The molecule has 0 bridgehead atoms. The van der Waals surface area contributed by atoms with Crippen molar-refractivity contribution in [2.45, 2.75) is 25.2 Å². The van der Waals surface area contributed by atoms with Crippen LogP contribution in [0.3, 0.4) is 0 Å². The van der Waals surface area contributed by atoms with Crippen LogP contribution in [0.25, 0.3) is 0 Å². The van der Waals surface area contributed by atoms with Gasteiger partial charge in [0.05, 0.1) is 11.1 Å². The van der Waals surface area contributed by atoms with E-state index in [-0.39, 0.29) is 10.7 Å². The number of rotatable bonds is 3. The number of carboxylic acid groups (broad SMARTS) is 1. The van der Waals surface area contributed by atoms with Crippen LogP contribution in [0.4, 0.5) is 4.39 Å². The zero-order valence-electron chi connectivity index (χ0n) is 12.1. The van der Waals surface area contributed by atoms with Gasteiger partial charge in [-0.25, -0.2) is 14.2 Å². The van der Waals surface area contributed by atoms with Crippen LogP contribution in [-0.2, 0) is 10.2 Å². The normalized spacial score (nSPS) is 17.4. The van der Waals surface area contributed by atoms with Gasteiger partial charge in [0.15, 0.2) is 0 Å². The molecule has 0 spiro atoms. The maximum atomic E-state index is 13.2. The Morgan fingerprint density at radius 1 is 1.32 bits per heavy atom. The van der Waals surface area contributed by atoms with E-state index >= 15 is 0 Å². The van der Waals surface area contributed by atoms with Crippen molar-refractivity contribution < 1.29 is 19.0 Å². The number of aromatic nitrogens is 1. The van der Waals surface area contributed by atoms with E-state index < -0.39 is 11.4 Å². The van der Waals surface area contributed by atoms with Crippen LogP contribution < -0.4 is 0 Å². The number of carbonyl (C=O) groups is 1. The average Bonchev–Trinajstić information content (AvgIpc) is 2.91. The number of thiazole rings is 1. The van der Waals surface area contributed by atoms with Crippen molar-refractivity contribution in [3.63, 3.8) is 0 Å². The summed E-state index contributed by atoms with van der Waals surface area (Å²) in [6.45, 7) is 2.87. The smallest absolute Gasteiger partial charge is 0.347 e. The lowest BCUT2D eigenvalue weighted by atomic mass is 9.74. The average molecular weight is 321 g/mol. The van der Waals surface area contributed by atoms with Crippen molar-refractivity contribution in [3.8, 4) is 0 Å². The first-order valence-corrected chi connectivity index (χ1v) is 7.89. The first kappa shape index (κ1) is 15.1. The summed E-state index contributed by atoms with van der Waals surface area (Å²) in [5, 5.41) is 10.0. The topological polar surface area (TPSA) is 59.4 Å². The molecule has 0 unspecified atom stereocenters. The maximum absolute atomic E-state index is 13.2. The fourth-order valence-electron chi connectivity index (χ4n) is 2.91. The second kappa shape index (κ2) is 5.78. The first-order valence-electron chi connectivity index (χ1n) is 7.08. The van der Waals surface area contributed by atoms with Gasteiger partial charge < -0.3 is 9.84 Å². The quantitative estimate of drug-likeness (QED) is 0.941. The van der Waals surface area contributed by atoms with Crippen LogP contribution in [-0.4, -0.2) is 29.3 Å². The lowest BCUT2D eigenvalue weighted by Crippen LogP contribution is -2.35. The molecule has 1 saturated heterocycles. The lowest BCUT2D eigenvalue weighted by molar-refractivity contribution is 0.0629. The Morgan fingerprint density at radius 2 is 1.95 bits per heavy atom. The van der Waals surface area contributed by atoms with Gasteiger partial charge in [-0.3, -0.25) is 0 Å². The third-order valence-electron chi connectivity index (χ3n) is 4.14. The van der Waals surface area contributed by atoms with Crippen molar-refractivity contribution in [1.29, 1.82) is 0 Å². The molecule has 1 fully saturated rings. The largest absolute Gasteiger partial charge is 0.477 e. The van der Waals surface area contributed by atoms with Crippen LogP contribution in [0, 0.1) is 12.7 Å². The summed E-state index contributed by atoms with van der Waals surface area (Å²) in [6.07, 6.45) is 1.43. The number of hydrogen-bond donors (Lipinski definition) is 1. The molecule has 0 aliphatic carbocycles. The number of halogens is 1. The molecule has 1 aromatic heterocycles. The first-order chi connectivity index (χ1) is 10.5. The van der Waals surface area contributed by atoms with E-state index in [0.717, 1.165) is 10.6 Å². The van der Waals surface area contributed by atoms with Gasteiger partial charge in [-0.1, -0.05) is 12.1 Å². The highest BCUT2D eigenvalue weighted by atomic mass is 32.1. The summed E-state index contributed by atoms with van der Waals surface area (Å²) in [6, 6.07) is 6.39. The molecule has 3 rings (SSSR count). The minimum Gasteiger partial charge on any atom is -0.477 e. The van der Waals surface area contributed by atoms with E-state index in [0.29, 0.717) is 31.7 Å². The Kier molecular flexibility index (Phi) is 3.97. The number of carboxylic acids is 1. The monoisotopic (exact) mass is 321 g/mol. The molecule has 0 radical (unpaired) electrons. The van der Waals surface area contributed by atoms with E-state index in [1.165, 1.54) is 23.5 Å². The van der Waals surface area contributed by atoms with Crippen molar-refractivity contribution in [1.82, 2.24) is 4.98 Å². The molecule has 0 atom stereocenters. The molecule has 2 heterocycles. The standard InChI is InChI=1S/C16H16FNO3S/c1-10-13(14(19)20)22-15(18-10)16(6-8-21-9-7-16)11-2-4-12(17)5-3-11/h2-5H,6-9H2,1H3,(H,19,20). The zero-order chi connectivity index (χ0) is 15.7. The van der Waals surface area contributed by atoms with Crippen LogP contribution in [0.15, 0.2) is 24.3 Å². The second-order valence-corrected chi connectivity index (χ2v) is 6.44. The lowest BCUT2D eigenvalue weighted by Gasteiger charge is -2.36. The Labute approximate surface area is 131 Å². The number of hydrogen-bond acceptors (Lipinski definition) is 4. The predicted molar refractivity (Wildman–Crippen MR) is 81.0 cm³/mol. The molecule has 1 aromatic carbocycles. The minimum atomic E-state index is -0.956. The molecule has 4 nitrogen and oxygen atoms in total. The number of aromatic carboxylic acids is 1. The number of ether oxygens (including phenoxy) is 1. The third-order valence-corrected chi connectivity index (χ3v) is 5.49. The van der Waals surface area contributed by atoms with Gasteiger partial charge >= 0.3 is 5.97 Å². The van der Waals surface area contributed by atoms with Gasteiger partial charge in [-0.2, -0.15) is 0 Å². The van der Waals surface area contributed by atoms with Gasteiger partial charge in [-0.05, 0) is 37.5 Å². The molecule has 1 N–H and O–H groups in total. The summed E-state index contributed by atoms with van der Waals surface area (Å²) in [7, 11) is 0. The number of benzene rings is 1. The summed E-state index contributed by atoms with van der Waals surface area (Å²) < 4.78 is 18.7. The van der Waals surface area contributed by atoms with Crippen molar-refractivity contribution in [2.24, 2.45) is 0 Å². The fourth-order valence-corrected chi connectivity index (χ4v) is 4.09. The van der Waals surface area contributed by atoms with Gasteiger partial charge in [0, 0.05) is 13.2 Å². The molecule has 22 heavy (non-hydrogen) atoms. The molecule has 2 aromatic rings. The van der Waals surface area contributed by atoms with Gasteiger partial charge in [0.25, 0.3) is 0 Å². The van der Waals surface area contributed by atoms with Crippen LogP contribution in [0.1, 0.15) is 38.8 Å². The van der Waals surface area contributed by atoms with E-state index in [9.17, 15) is 14.3 Å². The SMILES string of the molecule is Cc1nc(C2(c3ccc(F)cc3)CCOCC2)sc1C(=O)O. The van der Waals surface area contributed by atoms with Gasteiger partial charge in [0.1, 0.15) is 15.7 Å².